The van der Waals surface area contributed by atoms with Crippen molar-refractivity contribution in [1.29, 1.82) is 5.41 Å². The monoisotopic (exact) mass is 518 g/mol. The highest BCUT2D eigenvalue weighted by molar-refractivity contribution is 5.96. The lowest BCUT2D eigenvalue weighted by molar-refractivity contribution is -0.145. The number of carbonyl (C=O) groups excluding carboxylic acids is 1. The normalized spacial score (nSPS) is 12.2. The van der Waals surface area contributed by atoms with E-state index in [2.05, 4.69) is 5.32 Å². The van der Waals surface area contributed by atoms with Gasteiger partial charge in [0.2, 0.25) is 0 Å². The molecule has 0 aromatic heterocycles. The molecule has 3 aromatic rings. The van der Waals surface area contributed by atoms with Gasteiger partial charge in [-0.15, -0.1) is 12.4 Å². The van der Waals surface area contributed by atoms with Crippen molar-refractivity contribution in [2.24, 2.45) is 11.5 Å². The van der Waals surface area contributed by atoms with Gasteiger partial charge in [0.15, 0.2) is 5.60 Å². The number of amides is 1. The third kappa shape index (κ3) is 6.10. The van der Waals surface area contributed by atoms with E-state index < -0.39 is 17.3 Å². The van der Waals surface area contributed by atoms with E-state index in [1.165, 1.54) is 25.3 Å². The van der Waals surface area contributed by atoms with Crippen LogP contribution in [0.1, 0.15) is 29.2 Å². The van der Waals surface area contributed by atoms with Gasteiger partial charge in [-0.2, -0.15) is 0 Å². The Labute approximate surface area is 214 Å². The maximum Gasteiger partial charge on any atom is 0.254 e. The second kappa shape index (κ2) is 12.3. The number of nitrogen functional groups attached to an aromatic ring is 1. The molecule has 7 nitrogen and oxygen atoms in total. The Morgan fingerprint density at radius 2 is 1.75 bits per heavy atom. The number of rotatable bonds is 11. The number of nitrogens with two attached hydrogens (primary N) is 2. The molecule has 0 spiro atoms. The number of benzene rings is 3. The first-order chi connectivity index (χ1) is 16.7. The first-order valence-corrected chi connectivity index (χ1v) is 10.9. The summed E-state index contributed by atoms with van der Waals surface area (Å²) in [6, 6.07) is 15.2. The number of hydrogen-bond acceptors (Lipinski definition) is 5. The molecule has 0 bridgehead atoms. The minimum Gasteiger partial charge on any atom is -0.497 e. The standard InChI is InChI=1S/C26H28F2N4O3.ClH/c1-3-35-26(25(31)33,20-11-10-19(34-2)13-22(20)28)14-17-9-8-16(24(29)30)12-23(17)32-15-18-6-4-5-7-21(18)27;/h4-13,32H,3,14-15H2,1-2H3,(H3,29,30)(H2,31,33);1H. The fraction of sp³-hybridized carbons (Fsp3) is 0.231. The molecule has 10 heteroatoms. The minimum absolute atomic E-state index is 0. The maximum absolute atomic E-state index is 15.1. The summed E-state index contributed by atoms with van der Waals surface area (Å²) in [5.74, 6) is -1.86. The lowest BCUT2D eigenvalue weighted by atomic mass is 9.84. The Kier molecular flexibility index (Phi) is 9.77. The van der Waals surface area contributed by atoms with Crippen molar-refractivity contribution >= 4 is 29.8 Å². The quantitative estimate of drug-likeness (QED) is 0.223. The van der Waals surface area contributed by atoms with Crippen molar-refractivity contribution < 1.29 is 23.0 Å². The molecule has 1 atom stereocenters. The molecule has 1 amide bonds. The van der Waals surface area contributed by atoms with E-state index in [-0.39, 0.29) is 54.9 Å². The van der Waals surface area contributed by atoms with Gasteiger partial charge < -0.3 is 26.3 Å². The lowest BCUT2D eigenvalue weighted by Gasteiger charge is -2.32. The van der Waals surface area contributed by atoms with Gasteiger partial charge in [0.1, 0.15) is 23.2 Å². The summed E-state index contributed by atoms with van der Waals surface area (Å²) in [5, 5.41) is 10.9. The molecule has 3 rings (SSSR count). The van der Waals surface area contributed by atoms with Gasteiger partial charge in [0, 0.05) is 48.0 Å². The molecule has 0 aliphatic heterocycles. The molecule has 0 saturated carbocycles. The van der Waals surface area contributed by atoms with E-state index in [9.17, 15) is 9.18 Å². The molecular formula is C26H29ClF2N4O3. The molecule has 0 saturated heterocycles. The van der Waals surface area contributed by atoms with Gasteiger partial charge in [0.05, 0.1) is 7.11 Å². The van der Waals surface area contributed by atoms with E-state index in [1.807, 2.05) is 0 Å². The zero-order valence-electron chi connectivity index (χ0n) is 19.9. The SMILES string of the molecule is CCOC(Cc1ccc(C(=N)N)cc1NCc1ccccc1F)(C(N)=O)c1ccc(OC)cc1F.Cl. The van der Waals surface area contributed by atoms with Crippen LogP contribution in [-0.4, -0.2) is 25.5 Å². The number of halogens is 3. The van der Waals surface area contributed by atoms with Crippen molar-refractivity contribution in [3.63, 3.8) is 0 Å². The summed E-state index contributed by atoms with van der Waals surface area (Å²) in [5.41, 5.74) is 11.4. The van der Waals surface area contributed by atoms with Crippen LogP contribution in [0.25, 0.3) is 0 Å². The molecule has 0 aliphatic carbocycles. The van der Waals surface area contributed by atoms with Gasteiger partial charge in [-0.25, -0.2) is 8.78 Å². The third-order valence-corrected chi connectivity index (χ3v) is 5.69. The molecule has 6 N–H and O–H groups in total. The van der Waals surface area contributed by atoms with Crippen LogP contribution in [0, 0.1) is 17.0 Å². The van der Waals surface area contributed by atoms with Crippen LogP contribution in [0.3, 0.4) is 0 Å². The van der Waals surface area contributed by atoms with E-state index in [1.54, 1.807) is 43.3 Å². The average molecular weight is 519 g/mol. The molecular weight excluding hydrogens is 490 g/mol. The number of hydrogen-bond donors (Lipinski definition) is 4. The number of amidine groups is 1. The first-order valence-electron chi connectivity index (χ1n) is 10.9. The zero-order chi connectivity index (χ0) is 25.6. The molecule has 192 valence electrons. The van der Waals surface area contributed by atoms with Crippen molar-refractivity contribution in [3.8, 4) is 5.75 Å². The summed E-state index contributed by atoms with van der Waals surface area (Å²) in [6.07, 6.45) is -0.128. The third-order valence-electron chi connectivity index (χ3n) is 5.69. The van der Waals surface area contributed by atoms with Crippen LogP contribution in [0.2, 0.25) is 0 Å². The highest BCUT2D eigenvalue weighted by Gasteiger charge is 2.42. The van der Waals surface area contributed by atoms with E-state index >= 15 is 4.39 Å². The Hall–Kier alpha value is -3.69. The van der Waals surface area contributed by atoms with E-state index in [4.69, 9.17) is 26.4 Å². The van der Waals surface area contributed by atoms with Gasteiger partial charge in [-0.05, 0) is 36.8 Å². The Morgan fingerprint density at radius 1 is 1.03 bits per heavy atom. The van der Waals surface area contributed by atoms with Gasteiger partial charge in [-0.3, -0.25) is 10.2 Å². The van der Waals surface area contributed by atoms with Crippen LogP contribution < -0.4 is 21.5 Å². The predicted octanol–water partition coefficient (Wildman–Crippen LogP) is 4.25. The number of methoxy groups -OCH3 is 1. The molecule has 0 aliphatic rings. The van der Waals surface area contributed by atoms with Crippen molar-refractivity contribution in [2.45, 2.75) is 25.5 Å². The lowest BCUT2D eigenvalue weighted by Crippen LogP contribution is -2.46. The van der Waals surface area contributed by atoms with E-state index in [0.717, 1.165) is 6.07 Å². The van der Waals surface area contributed by atoms with Crippen molar-refractivity contribution in [1.82, 2.24) is 0 Å². The average Bonchev–Trinajstić information content (AvgIpc) is 2.83. The van der Waals surface area contributed by atoms with Crippen LogP contribution in [-0.2, 0) is 28.1 Å². The fourth-order valence-corrected chi connectivity index (χ4v) is 3.87. The molecule has 0 heterocycles. The van der Waals surface area contributed by atoms with Crippen molar-refractivity contribution in [2.75, 3.05) is 19.0 Å². The molecule has 1 unspecified atom stereocenters. The number of carbonyl (C=O) groups is 1. The highest BCUT2D eigenvalue weighted by Crippen LogP contribution is 2.36. The predicted molar refractivity (Wildman–Crippen MR) is 138 cm³/mol. The summed E-state index contributed by atoms with van der Waals surface area (Å²) in [6.45, 7) is 1.88. The second-order valence-corrected chi connectivity index (χ2v) is 7.88. The van der Waals surface area contributed by atoms with Gasteiger partial charge in [-0.1, -0.05) is 30.3 Å². The molecule has 36 heavy (non-hydrogen) atoms. The van der Waals surface area contributed by atoms with Gasteiger partial charge >= 0.3 is 0 Å². The summed E-state index contributed by atoms with van der Waals surface area (Å²) in [4.78, 5) is 12.8. The van der Waals surface area contributed by atoms with Crippen LogP contribution in [0.5, 0.6) is 5.75 Å². The highest BCUT2D eigenvalue weighted by atomic mass is 35.5. The Bertz CT molecular complexity index is 1240. The number of nitrogens with one attached hydrogen (secondary N) is 2. The second-order valence-electron chi connectivity index (χ2n) is 7.88. The fourth-order valence-electron chi connectivity index (χ4n) is 3.87. The first kappa shape index (κ1) is 28.5. The molecule has 3 aromatic carbocycles. The summed E-state index contributed by atoms with van der Waals surface area (Å²) >= 11 is 0. The number of primary amides is 1. The number of ether oxygens (including phenoxy) is 2. The minimum atomic E-state index is -1.84. The molecule has 0 fully saturated rings. The van der Waals surface area contributed by atoms with Crippen molar-refractivity contribution in [3.05, 3.63) is 94.6 Å². The topological polar surface area (TPSA) is 123 Å². The van der Waals surface area contributed by atoms with Gasteiger partial charge in [0.25, 0.3) is 5.91 Å². The maximum atomic E-state index is 15.1. The van der Waals surface area contributed by atoms with Crippen LogP contribution >= 0.6 is 12.4 Å². The summed E-state index contributed by atoms with van der Waals surface area (Å²) < 4.78 is 40.2. The van der Waals surface area contributed by atoms with Crippen LogP contribution in [0.15, 0.2) is 60.7 Å². The Morgan fingerprint density at radius 3 is 2.33 bits per heavy atom. The largest absolute Gasteiger partial charge is 0.497 e. The van der Waals surface area contributed by atoms with Crippen LogP contribution in [0.4, 0.5) is 14.5 Å². The summed E-state index contributed by atoms with van der Waals surface area (Å²) in [7, 11) is 1.41. The molecule has 0 radical (unpaired) electrons. The smallest absolute Gasteiger partial charge is 0.254 e. The zero-order valence-corrected chi connectivity index (χ0v) is 20.8. The number of anilines is 1. The van der Waals surface area contributed by atoms with E-state index in [0.29, 0.717) is 22.4 Å². The Balaban J connectivity index is 0.00000456.